The summed E-state index contributed by atoms with van der Waals surface area (Å²) in [6.45, 7) is 4.35. The number of hydrogen-bond acceptors (Lipinski definition) is 7. The van der Waals surface area contributed by atoms with Crippen molar-refractivity contribution in [1.29, 1.82) is 5.26 Å². The molecule has 0 unspecified atom stereocenters. The summed E-state index contributed by atoms with van der Waals surface area (Å²) >= 11 is 0. The van der Waals surface area contributed by atoms with Crippen LogP contribution in [0.25, 0.3) is 33.7 Å². The molecule has 4 rings (SSSR count). The summed E-state index contributed by atoms with van der Waals surface area (Å²) in [6, 6.07) is 13.1. The molecule has 30 heavy (non-hydrogen) atoms. The Hall–Kier alpha value is -3.99. The number of fused-ring (bicyclic) bond motifs is 1. The Labute approximate surface area is 172 Å². The number of rotatable bonds is 7. The molecule has 0 saturated heterocycles. The Morgan fingerprint density at radius 3 is 2.83 bits per heavy atom. The number of ether oxygens (including phenoxy) is 1. The number of benzene rings is 2. The van der Waals surface area contributed by atoms with Crippen LogP contribution >= 0.6 is 0 Å². The Kier molecular flexibility index (Phi) is 5.26. The maximum absolute atomic E-state index is 10.6. The lowest BCUT2D eigenvalue weighted by atomic mass is 10.1. The van der Waals surface area contributed by atoms with Crippen LogP contribution in [0.1, 0.15) is 25.8 Å². The molecule has 0 amide bonds. The Morgan fingerprint density at radius 2 is 2.07 bits per heavy atom. The lowest BCUT2D eigenvalue weighted by molar-refractivity contribution is -0.108. The summed E-state index contributed by atoms with van der Waals surface area (Å²) in [7, 11) is 0. The number of hydrogen-bond donors (Lipinski definition) is 0. The van der Waals surface area contributed by atoms with Gasteiger partial charge in [0.2, 0.25) is 5.82 Å². The van der Waals surface area contributed by atoms with E-state index >= 15 is 0 Å². The van der Waals surface area contributed by atoms with Crippen LogP contribution in [0.5, 0.6) is 5.75 Å². The molecule has 8 nitrogen and oxygen atoms in total. The molecule has 2 heterocycles. The third kappa shape index (κ3) is 3.78. The lowest BCUT2D eigenvalue weighted by Crippen LogP contribution is -2.06. The lowest BCUT2D eigenvalue weighted by Gasteiger charge is -2.11. The molecule has 0 saturated carbocycles. The van der Waals surface area contributed by atoms with E-state index in [1.807, 2.05) is 32.0 Å². The Morgan fingerprint density at radius 1 is 1.23 bits per heavy atom. The summed E-state index contributed by atoms with van der Waals surface area (Å²) in [6.07, 6.45) is 3.01. The number of nitriles is 1. The molecular formula is C22H19N5O3. The number of carbonyl (C=O) groups is 1. The van der Waals surface area contributed by atoms with Gasteiger partial charge in [-0.3, -0.25) is 4.68 Å². The smallest absolute Gasteiger partial charge is 0.258 e. The predicted molar refractivity (Wildman–Crippen MR) is 110 cm³/mol. The standard InChI is InChI=1S/C22H19N5O3/c1-14(2)29-20-7-5-16(11-17(20)12-23)22-25-21(26-30-22)15-4-6-19-18(10-15)13-24-27(19)8-3-9-28/h4-7,9-11,13-14H,3,8H2,1-2H3. The van der Waals surface area contributed by atoms with Crippen molar-refractivity contribution in [2.24, 2.45) is 0 Å². The number of aldehydes is 1. The monoisotopic (exact) mass is 401 g/mol. The molecule has 0 aliphatic rings. The van der Waals surface area contributed by atoms with E-state index < -0.39 is 0 Å². The summed E-state index contributed by atoms with van der Waals surface area (Å²) in [5, 5.41) is 18.7. The number of aromatic nitrogens is 4. The fraction of sp³-hybridized carbons (Fsp3) is 0.227. The van der Waals surface area contributed by atoms with E-state index in [1.54, 1.807) is 29.1 Å². The molecule has 2 aromatic carbocycles. The Bertz CT molecular complexity index is 1250. The number of carbonyl (C=O) groups excluding carboxylic acids is 1. The minimum Gasteiger partial charge on any atom is -0.490 e. The van der Waals surface area contributed by atoms with Crippen molar-refractivity contribution in [3.63, 3.8) is 0 Å². The van der Waals surface area contributed by atoms with Crippen LogP contribution in [0.3, 0.4) is 0 Å². The number of aryl methyl sites for hydroxylation is 1. The van der Waals surface area contributed by atoms with E-state index in [9.17, 15) is 10.1 Å². The first-order valence-corrected chi connectivity index (χ1v) is 9.53. The van der Waals surface area contributed by atoms with Crippen LogP contribution in [-0.4, -0.2) is 32.3 Å². The van der Waals surface area contributed by atoms with Crippen molar-refractivity contribution in [3.05, 3.63) is 48.2 Å². The fourth-order valence-electron chi connectivity index (χ4n) is 3.14. The van der Waals surface area contributed by atoms with Crippen LogP contribution in [0.15, 0.2) is 47.1 Å². The van der Waals surface area contributed by atoms with Gasteiger partial charge in [-0.05, 0) is 50.2 Å². The minimum absolute atomic E-state index is 0.0318. The zero-order chi connectivity index (χ0) is 21.1. The van der Waals surface area contributed by atoms with Crippen molar-refractivity contribution < 1.29 is 14.1 Å². The van der Waals surface area contributed by atoms with Crippen LogP contribution in [0.4, 0.5) is 0 Å². The molecule has 8 heteroatoms. The molecule has 150 valence electrons. The van der Waals surface area contributed by atoms with Crippen LogP contribution in [-0.2, 0) is 11.3 Å². The zero-order valence-electron chi connectivity index (χ0n) is 16.6. The van der Waals surface area contributed by atoms with E-state index in [0.29, 0.717) is 41.6 Å². The van der Waals surface area contributed by atoms with Gasteiger partial charge in [-0.1, -0.05) is 5.16 Å². The molecule has 4 aromatic rings. The highest BCUT2D eigenvalue weighted by Crippen LogP contribution is 2.28. The van der Waals surface area contributed by atoms with E-state index in [-0.39, 0.29) is 6.10 Å². The van der Waals surface area contributed by atoms with Crippen molar-refractivity contribution in [3.8, 4) is 34.7 Å². The molecule has 0 aliphatic heterocycles. The average Bonchev–Trinajstić information content (AvgIpc) is 3.39. The second-order valence-corrected chi connectivity index (χ2v) is 7.01. The van der Waals surface area contributed by atoms with Crippen molar-refractivity contribution >= 4 is 17.2 Å². The third-order valence-electron chi connectivity index (χ3n) is 4.49. The first kappa shape index (κ1) is 19.3. The van der Waals surface area contributed by atoms with E-state index in [4.69, 9.17) is 9.26 Å². The maximum atomic E-state index is 10.6. The van der Waals surface area contributed by atoms with Gasteiger partial charge in [-0.15, -0.1) is 0 Å². The predicted octanol–water partition coefficient (Wildman–Crippen LogP) is 4.00. The van der Waals surface area contributed by atoms with Crippen LogP contribution in [0, 0.1) is 11.3 Å². The normalized spacial score (nSPS) is 11.0. The SMILES string of the molecule is CC(C)Oc1ccc(-c2nc(-c3ccc4c(cnn4CCC=O)c3)no2)cc1C#N. The van der Waals surface area contributed by atoms with Gasteiger partial charge in [0.25, 0.3) is 5.89 Å². The van der Waals surface area contributed by atoms with Crippen molar-refractivity contribution in [2.45, 2.75) is 32.9 Å². The van der Waals surface area contributed by atoms with Gasteiger partial charge < -0.3 is 14.1 Å². The van der Waals surface area contributed by atoms with Crippen LogP contribution < -0.4 is 4.74 Å². The Balaban J connectivity index is 1.63. The molecule has 0 aliphatic carbocycles. The quantitative estimate of drug-likeness (QED) is 0.431. The van der Waals surface area contributed by atoms with Gasteiger partial charge in [0.15, 0.2) is 0 Å². The first-order valence-electron chi connectivity index (χ1n) is 9.53. The summed E-state index contributed by atoms with van der Waals surface area (Å²) in [5.74, 6) is 1.28. The first-order chi connectivity index (χ1) is 14.6. The van der Waals surface area contributed by atoms with Crippen molar-refractivity contribution in [1.82, 2.24) is 19.9 Å². The van der Waals surface area contributed by atoms with Gasteiger partial charge in [0.05, 0.1) is 23.4 Å². The van der Waals surface area contributed by atoms with Gasteiger partial charge in [-0.2, -0.15) is 15.3 Å². The molecule has 2 aromatic heterocycles. The highest BCUT2D eigenvalue weighted by molar-refractivity contribution is 5.83. The molecule has 0 spiro atoms. The largest absolute Gasteiger partial charge is 0.490 e. The summed E-state index contributed by atoms with van der Waals surface area (Å²) in [5.41, 5.74) is 2.77. The van der Waals surface area contributed by atoms with Gasteiger partial charge in [-0.25, -0.2) is 0 Å². The fourth-order valence-corrected chi connectivity index (χ4v) is 3.14. The van der Waals surface area contributed by atoms with E-state index in [2.05, 4.69) is 21.3 Å². The molecule has 0 atom stereocenters. The van der Waals surface area contributed by atoms with Crippen molar-refractivity contribution in [2.75, 3.05) is 0 Å². The summed E-state index contributed by atoms with van der Waals surface area (Å²) in [4.78, 5) is 15.1. The van der Waals surface area contributed by atoms with E-state index in [1.165, 1.54) is 0 Å². The topological polar surface area (TPSA) is 107 Å². The van der Waals surface area contributed by atoms with Crippen LogP contribution in [0.2, 0.25) is 0 Å². The third-order valence-corrected chi connectivity index (χ3v) is 4.49. The highest BCUT2D eigenvalue weighted by Gasteiger charge is 2.15. The van der Waals surface area contributed by atoms with Gasteiger partial charge in [0, 0.05) is 29.5 Å². The van der Waals surface area contributed by atoms with Gasteiger partial charge >= 0.3 is 0 Å². The summed E-state index contributed by atoms with van der Waals surface area (Å²) < 4.78 is 12.9. The highest BCUT2D eigenvalue weighted by atomic mass is 16.5. The average molecular weight is 401 g/mol. The molecule has 0 fully saturated rings. The zero-order valence-corrected chi connectivity index (χ0v) is 16.6. The number of nitrogens with zero attached hydrogens (tertiary/aromatic N) is 5. The molecular weight excluding hydrogens is 382 g/mol. The van der Waals surface area contributed by atoms with E-state index in [0.717, 1.165) is 22.8 Å². The molecule has 0 radical (unpaired) electrons. The van der Waals surface area contributed by atoms with Gasteiger partial charge in [0.1, 0.15) is 18.1 Å². The minimum atomic E-state index is -0.0318. The second-order valence-electron chi connectivity index (χ2n) is 7.01. The molecule has 0 bridgehead atoms. The molecule has 0 N–H and O–H groups in total. The maximum Gasteiger partial charge on any atom is 0.258 e. The second kappa shape index (κ2) is 8.17.